The molecule has 4 nitrogen and oxygen atoms in total. The minimum atomic E-state index is -0.0323. The maximum atomic E-state index is 5.94. The summed E-state index contributed by atoms with van der Waals surface area (Å²) < 4.78 is 0. The number of nitrogen functional groups attached to an aromatic ring is 1. The molecular formula is C15H20N4. The van der Waals surface area contributed by atoms with E-state index in [1.807, 2.05) is 13.0 Å². The highest BCUT2D eigenvalue weighted by atomic mass is 15.2. The maximum Gasteiger partial charge on any atom is 0.128 e. The van der Waals surface area contributed by atoms with E-state index in [0.29, 0.717) is 5.82 Å². The lowest BCUT2D eigenvalue weighted by molar-refractivity contribution is 0.551. The van der Waals surface area contributed by atoms with Gasteiger partial charge in [0.15, 0.2) is 0 Å². The van der Waals surface area contributed by atoms with E-state index in [1.165, 1.54) is 11.1 Å². The van der Waals surface area contributed by atoms with Gasteiger partial charge >= 0.3 is 0 Å². The zero-order valence-electron chi connectivity index (χ0n) is 11.4. The van der Waals surface area contributed by atoms with Crippen LogP contribution in [0.1, 0.15) is 28.3 Å². The second kappa shape index (κ2) is 5.82. The average molecular weight is 256 g/mol. The minimum absolute atomic E-state index is 0.0323. The SMILES string of the molecule is Cc1ccc(CC(NN)c2cc(C)cnc2N)cc1. The van der Waals surface area contributed by atoms with Gasteiger partial charge in [0.25, 0.3) is 0 Å². The zero-order valence-corrected chi connectivity index (χ0v) is 11.4. The van der Waals surface area contributed by atoms with Crippen LogP contribution in [0.3, 0.4) is 0 Å². The largest absolute Gasteiger partial charge is 0.383 e. The van der Waals surface area contributed by atoms with E-state index in [1.54, 1.807) is 6.20 Å². The van der Waals surface area contributed by atoms with Crippen molar-refractivity contribution in [2.24, 2.45) is 5.84 Å². The molecule has 0 amide bonds. The Morgan fingerprint density at radius 1 is 1.16 bits per heavy atom. The maximum absolute atomic E-state index is 5.94. The molecule has 0 bridgehead atoms. The fourth-order valence-electron chi connectivity index (χ4n) is 2.10. The number of nitrogens with two attached hydrogens (primary N) is 2. The lowest BCUT2D eigenvalue weighted by Gasteiger charge is -2.18. The number of nitrogens with one attached hydrogen (secondary N) is 1. The van der Waals surface area contributed by atoms with Gasteiger partial charge in [-0.3, -0.25) is 11.3 Å². The molecule has 1 aromatic carbocycles. The Balaban J connectivity index is 2.24. The molecule has 2 rings (SSSR count). The van der Waals surface area contributed by atoms with Crippen LogP contribution in [0.25, 0.3) is 0 Å². The summed E-state index contributed by atoms with van der Waals surface area (Å²) in [5.41, 5.74) is 13.3. The lowest BCUT2D eigenvalue weighted by atomic mass is 9.98. The predicted octanol–water partition coefficient (Wildman–Crippen LogP) is 2.03. The number of aromatic nitrogens is 1. The van der Waals surface area contributed by atoms with Crippen LogP contribution in [-0.2, 0) is 6.42 Å². The molecule has 2 aromatic rings. The van der Waals surface area contributed by atoms with E-state index in [4.69, 9.17) is 11.6 Å². The van der Waals surface area contributed by atoms with Crippen molar-refractivity contribution in [3.63, 3.8) is 0 Å². The van der Waals surface area contributed by atoms with Crippen molar-refractivity contribution in [1.82, 2.24) is 10.4 Å². The van der Waals surface area contributed by atoms with Crippen LogP contribution in [0, 0.1) is 13.8 Å². The van der Waals surface area contributed by atoms with E-state index >= 15 is 0 Å². The summed E-state index contributed by atoms with van der Waals surface area (Å²) in [6.07, 6.45) is 2.55. The molecule has 5 N–H and O–H groups in total. The third kappa shape index (κ3) is 3.30. The van der Waals surface area contributed by atoms with Gasteiger partial charge in [0.2, 0.25) is 0 Å². The summed E-state index contributed by atoms with van der Waals surface area (Å²) in [4.78, 5) is 4.19. The summed E-state index contributed by atoms with van der Waals surface area (Å²) in [6, 6.07) is 10.4. The van der Waals surface area contributed by atoms with Gasteiger partial charge in [0.1, 0.15) is 5.82 Å². The molecule has 0 saturated heterocycles. The molecule has 0 aliphatic carbocycles. The van der Waals surface area contributed by atoms with Crippen molar-refractivity contribution in [2.45, 2.75) is 26.3 Å². The fourth-order valence-corrected chi connectivity index (χ4v) is 2.10. The van der Waals surface area contributed by atoms with Crippen LogP contribution < -0.4 is 17.0 Å². The van der Waals surface area contributed by atoms with Gasteiger partial charge in [0.05, 0.1) is 6.04 Å². The summed E-state index contributed by atoms with van der Waals surface area (Å²) in [5, 5.41) is 0. The van der Waals surface area contributed by atoms with Crippen molar-refractivity contribution in [3.05, 3.63) is 58.8 Å². The monoisotopic (exact) mass is 256 g/mol. The van der Waals surface area contributed by atoms with Gasteiger partial charge in [0, 0.05) is 11.8 Å². The van der Waals surface area contributed by atoms with Gasteiger partial charge < -0.3 is 5.73 Å². The van der Waals surface area contributed by atoms with Crippen LogP contribution in [0.5, 0.6) is 0 Å². The summed E-state index contributed by atoms with van der Waals surface area (Å²) in [5.74, 6) is 6.20. The first kappa shape index (κ1) is 13.5. The highest BCUT2D eigenvalue weighted by Crippen LogP contribution is 2.23. The Hall–Kier alpha value is -1.91. The van der Waals surface area contributed by atoms with Crippen molar-refractivity contribution >= 4 is 5.82 Å². The number of benzene rings is 1. The van der Waals surface area contributed by atoms with E-state index in [0.717, 1.165) is 17.5 Å². The molecule has 0 aliphatic heterocycles. The number of hydrogen-bond donors (Lipinski definition) is 3. The molecule has 100 valence electrons. The Bertz CT molecular complexity index is 549. The van der Waals surface area contributed by atoms with E-state index in [9.17, 15) is 0 Å². The smallest absolute Gasteiger partial charge is 0.128 e. The minimum Gasteiger partial charge on any atom is -0.383 e. The molecule has 1 aromatic heterocycles. The van der Waals surface area contributed by atoms with Crippen molar-refractivity contribution in [1.29, 1.82) is 0 Å². The van der Waals surface area contributed by atoms with Crippen LogP contribution in [0.2, 0.25) is 0 Å². The Kier molecular flexibility index (Phi) is 4.14. The van der Waals surface area contributed by atoms with E-state index < -0.39 is 0 Å². The molecule has 0 spiro atoms. The third-order valence-corrected chi connectivity index (χ3v) is 3.22. The first-order chi connectivity index (χ1) is 9.10. The summed E-state index contributed by atoms with van der Waals surface area (Å²) >= 11 is 0. The second-order valence-electron chi connectivity index (χ2n) is 4.90. The predicted molar refractivity (Wildman–Crippen MR) is 78.3 cm³/mol. The van der Waals surface area contributed by atoms with Crippen LogP contribution in [-0.4, -0.2) is 4.98 Å². The third-order valence-electron chi connectivity index (χ3n) is 3.22. The first-order valence-corrected chi connectivity index (χ1v) is 6.34. The quantitative estimate of drug-likeness (QED) is 0.578. The molecule has 1 atom stereocenters. The van der Waals surface area contributed by atoms with Crippen LogP contribution in [0.15, 0.2) is 36.5 Å². The Morgan fingerprint density at radius 3 is 2.47 bits per heavy atom. The molecule has 19 heavy (non-hydrogen) atoms. The number of hydrazine groups is 1. The molecular weight excluding hydrogens is 236 g/mol. The van der Waals surface area contributed by atoms with E-state index in [-0.39, 0.29) is 6.04 Å². The van der Waals surface area contributed by atoms with Crippen LogP contribution in [0.4, 0.5) is 5.82 Å². The van der Waals surface area contributed by atoms with Crippen LogP contribution >= 0.6 is 0 Å². The van der Waals surface area contributed by atoms with Crippen molar-refractivity contribution < 1.29 is 0 Å². The molecule has 4 heteroatoms. The molecule has 0 saturated carbocycles. The molecule has 1 unspecified atom stereocenters. The standard InChI is InChI=1S/C15H20N4/c1-10-3-5-12(6-4-10)8-14(19-17)13-7-11(2)9-18-15(13)16/h3-7,9,14,19H,8,17H2,1-2H3,(H2,16,18). The first-order valence-electron chi connectivity index (χ1n) is 6.34. The zero-order chi connectivity index (χ0) is 13.8. The Labute approximate surface area is 113 Å². The number of hydrogen-bond acceptors (Lipinski definition) is 4. The molecule has 1 heterocycles. The number of aryl methyl sites for hydroxylation is 2. The number of pyridine rings is 1. The van der Waals surface area contributed by atoms with Gasteiger partial charge in [-0.1, -0.05) is 29.8 Å². The number of nitrogens with zero attached hydrogens (tertiary/aromatic N) is 1. The van der Waals surface area contributed by atoms with Gasteiger partial charge in [-0.25, -0.2) is 4.98 Å². The van der Waals surface area contributed by atoms with Gasteiger partial charge in [-0.05, 0) is 37.5 Å². The summed E-state index contributed by atoms with van der Waals surface area (Å²) in [7, 11) is 0. The summed E-state index contributed by atoms with van der Waals surface area (Å²) in [6.45, 7) is 4.07. The topological polar surface area (TPSA) is 77.0 Å². The Morgan fingerprint density at radius 2 is 1.84 bits per heavy atom. The number of anilines is 1. The van der Waals surface area contributed by atoms with Crippen molar-refractivity contribution in [2.75, 3.05) is 5.73 Å². The van der Waals surface area contributed by atoms with Gasteiger partial charge in [-0.2, -0.15) is 0 Å². The number of rotatable bonds is 4. The highest BCUT2D eigenvalue weighted by Gasteiger charge is 2.14. The lowest BCUT2D eigenvalue weighted by Crippen LogP contribution is -2.30. The molecule has 0 aliphatic rings. The average Bonchev–Trinajstić information content (AvgIpc) is 2.41. The van der Waals surface area contributed by atoms with Gasteiger partial charge in [-0.15, -0.1) is 0 Å². The van der Waals surface area contributed by atoms with E-state index in [2.05, 4.69) is 41.6 Å². The molecule has 0 radical (unpaired) electrons. The normalized spacial score (nSPS) is 12.4. The second-order valence-corrected chi connectivity index (χ2v) is 4.90. The fraction of sp³-hybridized carbons (Fsp3) is 0.267. The highest BCUT2D eigenvalue weighted by molar-refractivity contribution is 5.43. The van der Waals surface area contributed by atoms with Crippen molar-refractivity contribution in [3.8, 4) is 0 Å². The molecule has 0 fully saturated rings.